The molecule has 0 aliphatic carbocycles. The number of carboxylic acid groups (broad SMARTS) is 2. The molecule has 33 heavy (non-hydrogen) atoms. The predicted molar refractivity (Wildman–Crippen MR) is 116 cm³/mol. The summed E-state index contributed by atoms with van der Waals surface area (Å²) in [6.45, 7) is 7.45. The fourth-order valence-electron chi connectivity index (χ4n) is 2.48. The Kier molecular flexibility index (Phi) is 21.5. The first-order valence-corrected chi connectivity index (χ1v) is 11.0. The number of carboxylic acids is 2. The zero-order valence-corrected chi connectivity index (χ0v) is 19.8. The standard InChI is InChI=1S/C21H40O12/c1-3-26-5-9-30-15-21(16-31-10-6-27-4-2,17-32-11-7-28-13-19(22)23)18-33-12-8-29-14-20(24)25/h3-18H2,1-2H3,(H,22,23)(H,24,25). The van der Waals surface area contributed by atoms with Gasteiger partial charge in [-0.05, 0) is 13.8 Å². The first kappa shape index (κ1) is 31.6. The third-order valence-electron chi connectivity index (χ3n) is 3.98. The highest BCUT2D eigenvalue weighted by Gasteiger charge is 2.32. The molecule has 0 unspecified atom stereocenters. The molecule has 0 saturated heterocycles. The van der Waals surface area contributed by atoms with Crippen molar-refractivity contribution >= 4 is 11.9 Å². The minimum Gasteiger partial charge on any atom is -0.480 e. The van der Waals surface area contributed by atoms with Gasteiger partial charge in [0.15, 0.2) is 0 Å². The van der Waals surface area contributed by atoms with E-state index in [0.29, 0.717) is 39.6 Å². The third-order valence-corrected chi connectivity index (χ3v) is 3.98. The Morgan fingerprint density at radius 2 is 0.788 bits per heavy atom. The van der Waals surface area contributed by atoms with Crippen LogP contribution in [0.1, 0.15) is 13.8 Å². The first-order chi connectivity index (χ1) is 16.0. The molecule has 0 spiro atoms. The van der Waals surface area contributed by atoms with Crippen LogP contribution in [0.4, 0.5) is 0 Å². The van der Waals surface area contributed by atoms with Crippen LogP contribution in [0.3, 0.4) is 0 Å². The van der Waals surface area contributed by atoms with Crippen molar-refractivity contribution < 1.29 is 57.7 Å². The zero-order chi connectivity index (χ0) is 24.6. The van der Waals surface area contributed by atoms with Gasteiger partial charge < -0.3 is 48.1 Å². The summed E-state index contributed by atoms with van der Waals surface area (Å²) >= 11 is 0. The Hall–Kier alpha value is -1.38. The molecule has 12 heteroatoms. The average molecular weight is 485 g/mol. The molecular weight excluding hydrogens is 444 g/mol. The van der Waals surface area contributed by atoms with Crippen LogP contribution in [0, 0.1) is 5.41 Å². The van der Waals surface area contributed by atoms with Crippen molar-refractivity contribution in [3.63, 3.8) is 0 Å². The van der Waals surface area contributed by atoms with Crippen molar-refractivity contribution in [1.82, 2.24) is 0 Å². The first-order valence-electron chi connectivity index (χ1n) is 11.0. The molecule has 0 rings (SSSR count). The second kappa shape index (κ2) is 22.4. The van der Waals surface area contributed by atoms with Crippen LogP contribution in [0.25, 0.3) is 0 Å². The van der Waals surface area contributed by atoms with Gasteiger partial charge >= 0.3 is 11.9 Å². The highest BCUT2D eigenvalue weighted by Crippen LogP contribution is 2.21. The van der Waals surface area contributed by atoms with Crippen LogP contribution in [-0.4, -0.2) is 128 Å². The van der Waals surface area contributed by atoms with Gasteiger partial charge in [-0.25, -0.2) is 9.59 Å². The summed E-state index contributed by atoms with van der Waals surface area (Å²) in [4.78, 5) is 21.1. The maximum absolute atomic E-state index is 10.5. The van der Waals surface area contributed by atoms with Crippen molar-refractivity contribution in [3.05, 3.63) is 0 Å². The van der Waals surface area contributed by atoms with E-state index in [-0.39, 0.29) is 52.9 Å². The van der Waals surface area contributed by atoms with Gasteiger partial charge in [-0.1, -0.05) is 0 Å². The molecule has 196 valence electrons. The Morgan fingerprint density at radius 3 is 1.06 bits per heavy atom. The van der Waals surface area contributed by atoms with E-state index in [9.17, 15) is 9.59 Å². The molecule has 0 saturated carbocycles. The highest BCUT2D eigenvalue weighted by molar-refractivity contribution is 5.68. The summed E-state index contributed by atoms with van der Waals surface area (Å²) in [6.07, 6.45) is 0. The van der Waals surface area contributed by atoms with Crippen molar-refractivity contribution in [2.45, 2.75) is 13.8 Å². The van der Waals surface area contributed by atoms with Gasteiger partial charge in [0, 0.05) is 13.2 Å². The number of rotatable bonds is 26. The molecule has 0 bridgehead atoms. The lowest BCUT2D eigenvalue weighted by Crippen LogP contribution is -2.43. The van der Waals surface area contributed by atoms with Crippen LogP contribution in [0.5, 0.6) is 0 Å². The lowest BCUT2D eigenvalue weighted by atomic mass is 9.92. The monoisotopic (exact) mass is 484 g/mol. The quantitative estimate of drug-likeness (QED) is 0.163. The Morgan fingerprint density at radius 1 is 0.515 bits per heavy atom. The smallest absolute Gasteiger partial charge is 0.329 e. The molecule has 0 aliphatic rings. The number of hydrogen-bond donors (Lipinski definition) is 2. The largest absolute Gasteiger partial charge is 0.480 e. The van der Waals surface area contributed by atoms with Crippen molar-refractivity contribution in [2.75, 3.05) is 106 Å². The minimum atomic E-state index is -1.05. The van der Waals surface area contributed by atoms with Crippen LogP contribution < -0.4 is 0 Å². The summed E-state index contributed by atoms with van der Waals surface area (Å²) in [5, 5.41) is 17.3. The van der Waals surface area contributed by atoms with Gasteiger partial charge in [0.2, 0.25) is 0 Å². The van der Waals surface area contributed by atoms with E-state index in [2.05, 4.69) is 0 Å². The van der Waals surface area contributed by atoms with Crippen LogP contribution in [0.15, 0.2) is 0 Å². The van der Waals surface area contributed by atoms with E-state index >= 15 is 0 Å². The molecular formula is C21H40O12. The Labute approximate surface area is 195 Å². The third kappa shape index (κ3) is 20.9. The normalized spacial score (nSPS) is 11.7. The van der Waals surface area contributed by atoms with Crippen molar-refractivity contribution in [2.24, 2.45) is 5.41 Å². The van der Waals surface area contributed by atoms with Crippen LogP contribution >= 0.6 is 0 Å². The van der Waals surface area contributed by atoms with E-state index in [4.69, 9.17) is 48.1 Å². The zero-order valence-electron chi connectivity index (χ0n) is 19.8. The molecule has 12 nitrogen and oxygen atoms in total. The van der Waals surface area contributed by atoms with E-state index < -0.39 is 30.6 Å². The molecule has 2 N–H and O–H groups in total. The predicted octanol–water partition coefficient (Wildman–Crippen LogP) is 0.315. The minimum absolute atomic E-state index is 0.128. The molecule has 0 radical (unpaired) electrons. The molecule has 0 atom stereocenters. The van der Waals surface area contributed by atoms with Gasteiger partial charge in [-0.3, -0.25) is 0 Å². The second-order valence-corrected chi connectivity index (χ2v) is 7.00. The van der Waals surface area contributed by atoms with Gasteiger partial charge in [-0.2, -0.15) is 0 Å². The van der Waals surface area contributed by atoms with Gasteiger partial charge in [0.1, 0.15) is 13.2 Å². The summed E-state index contributed by atoms with van der Waals surface area (Å²) in [6, 6.07) is 0. The van der Waals surface area contributed by atoms with Crippen LogP contribution in [-0.2, 0) is 47.5 Å². The lowest BCUT2D eigenvalue weighted by molar-refractivity contribution is -0.144. The number of carbonyl (C=O) groups is 2. The van der Waals surface area contributed by atoms with E-state index in [1.165, 1.54) is 0 Å². The molecule has 0 heterocycles. The molecule has 0 fully saturated rings. The van der Waals surface area contributed by atoms with Crippen molar-refractivity contribution in [1.29, 1.82) is 0 Å². The topological polar surface area (TPSA) is 148 Å². The second-order valence-electron chi connectivity index (χ2n) is 7.00. The summed E-state index contributed by atoms with van der Waals surface area (Å²) in [5.74, 6) is -2.10. The summed E-state index contributed by atoms with van der Waals surface area (Å²) in [5.41, 5.74) is -0.669. The van der Waals surface area contributed by atoms with Gasteiger partial charge in [-0.15, -0.1) is 0 Å². The van der Waals surface area contributed by atoms with Crippen LogP contribution in [0.2, 0.25) is 0 Å². The van der Waals surface area contributed by atoms with E-state index in [1.54, 1.807) is 0 Å². The Balaban J connectivity index is 4.79. The lowest BCUT2D eigenvalue weighted by Gasteiger charge is -2.33. The maximum Gasteiger partial charge on any atom is 0.329 e. The molecule has 0 aromatic heterocycles. The highest BCUT2D eigenvalue weighted by atomic mass is 16.6. The molecule has 0 aromatic rings. The number of ether oxygens (including phenoxy) is 8. The van der Waals surface area contributed by atoms with E-state index in [1.807, 2.05) is 13.8 Å². The molecule has 0 aromatic carbocycles. The van der Waals surface area contributed by atoms with Crippen molar-refractivity contribution in [3.8, 4) is 0 Å². The SMILES string of the molecule is CCOCCOCC(COCCOCC)(COCCOCC(=O)O)COCCOCC(=O)O. The fraction of sp³-hybridized carbons (Fsp3) is 0.905. The summed E-state index contributed by atoms with van der Waals surface area (Å²) < 4.78 is 43.6. The maximum atomic E-state index is 10.5. The van der Waals surface area contributed by atoms with E-state index in [0.717, 1.165) is 0 Å². The van der Waals surface area contributed by atoms with Gasteiger partial charge in [0.25, 0.3) is 0 Å². The molecule has 0 amide bonds. The average Bonchev–Trinajstić information content (AvgIpc) is 2.77. The molecule has 0 aliphatic heterocycles. The Bertz CT molecular complexity index is 432. The number of aliphatic carboxylic acids is 2. The number of hydrogen-bond acceptors (Lipinski definition) is 10. The summed E-state index contributed by atoms with van der Waals surface area (Å²) in [7, 11) is 0. The van der Waals surface area contributed by atoms with Gasteiger partial charge in [0.05, 0.1) is 84.7 Å². The fourth-order valence-corrected chi connectivity index (χ4v) is 2.48.